The van der Waals surface area contributed by atoms with Gasteiger partial charge < -0.3 is 16.4 Å². The molecular formula is C8H15N5. The molecule has 1 heterocycles. The van der Waals surface area contributed by atoms with Crippen LogP contribution in [0.5, 0.6) is 0 Å². The van der Waals surface area contributed by atoms with E-state index in [1.54, 1.807) is 6.07 Å². The highest BCUT2D eigenvalue weighted by Crippen LogP contribution is 2.12. The topological polar surface area (TPSA) is 81.1 Å². The SMILES string of the molecule is CCN(CC)c1nc(N)cc(N)n1. The summed E-state index contributed by atoms with van der Waals surface area (Å²) >= 11 is 0. The van der Waals surface area contributed by atoms with Gasteiger partial charge in [-0.25, -0.2) is 0 Å². The van der Waals surface area contributed by atoms with Crippen molar-refractivity contribution in [2.75, 3.05) is 29.5 Å². The van der Waals surface area contributed by atoms with Gasteiger partial charge in [-0.2, -0.15) is 9.97 Å². The Labute approximate surface area is 77.8 Å². The number of nitrogens with zero attached hydrogens (tertiary/aromatic N) is 3. The Morgan fingerprint density at radius 1 is 1.15 bits per heavy atom. The monoisotopic (exact) mass is 181 g/mol. The van der Waals surface area contributed by atoms with E-state index in [0.717, 1.165) is 13.1 Å². The number of rotatable bonds is 3. The van der Waals surface area contributed by atoms with Gasteiger partial charge in [-0.15, -0.1) is 0 Å². The van der Waals surface area contributed by atoms with Crippen LogP contribution in [0.25, 0.3) is 0 Å². The molecule has 0 aliphatic rings. The number of aromatic nitrogens is 2. The lowest BCUT2D eigenvalue weighted by Gasteiger charge is -2.18. The van der Waals surface area contributed by atoms with E-state index in [-0.39, 0.29) is 0 Å². The predicted molar refractivity (Wildman–Crippen MR) is 54.4 cm³/mol. The number of anilines is 3. The van der Waals surface area contributed by atoms with Crippen molar-refractivity contribution in [3.05, 3.63) is 6.07 Å². The highest BCUT2D eigenvalue weighted by molar-refractivity contribution is 5.47. The lowest BCUT2D eigenvalue weighted by molar-refractivity contribution is 0.824. The molecule has 5 nitrogen and oxygen atoms in total. The Hall–Kier alpha value is -1.52. The van der Waals surface area contributed by atoms with Gasteiger partial charge in [-0.05, 0) is 13.8 Å². The first-order valence-corrected chi connectivity index (χ1v) is 4.32. The molecule has 0 fully saturated rings. The Morgan fingerprint density at radius 2 is 1.62 bits per heavy atom. The van der Waals surface area contributed by atoms with Gasteiger partial charge in [0.05, 0.1) is 0 Å². The van der Waals surface area contributed by atoms with Gasteiger partial charge in [-0.1, -0.05) is 0 Å². The molecule has 0 amide bonds. The van der Waals surface area contributed by atoms with Crippen LogP contribution in [-0.2, 0) is 0 Å². The van der Waals surface area contributed by atoms with Crippen molar-refractivity contribution in [1.82, 2.24) is 9.97 Å². The number of hydrogen-bond donors (Lipinski definition) is 2. The van der Waals surface area contributed by atoms with Crippen molar-refractivity contribution in [2.45, 2.75) is 13.8 Å². The largest absolute Gasteiger partial charge is 0.383 e. The Bertz CT molecular complexity index is 262. The molecule has 5 heteroatoms. The van der Waals surface area contributed by atoms with Crippen molar-refractivity contribution in [1.29, 1.82) is 0 Å². The molecule has 0 saturated heterocycles. The zero-order chi connectivity index (χ0) is 9.84. The van der Waals surface area contributed by atoms with Crippen LogP contribution in [0.4, 0.5) is 17.6 Å². The van der Waals surface area contributed by atoms with Gasteiger partial charge in [-0.3, -0.25) is 0 Å². The summed E-state index contributed by atoms with van der Waals surface area (Å²) in [6, 6.07) is 1.55. The predicted octanol–water partition coefficient (Wildman–Crippen LogP) is 0.487. The summed E-state index contributed by atoms with van der Waals surface area (Å²) in [6.07, 6.45) is 0. The lowest BCUT2D eigenvalue weighted by atomic mass is 10.5. The molecule has 0 saturated carbocycles. The van der Waals surface area contributed by atoms with E-state index in [1.807, 2.05) is 18.7 Å². The van der Waals surface area contributed by atoms with Crippen LogP contribution < -0.4 is 16.4 Å². The summed E-state index contributed by atoms with van der Waals surface area (Å²) < 4.78 is 0. The highest BCUT2D eigenvalue weighted by atomic mass is 15.3. The maximum Gasteiger partial charge on any atom is 0.229 e. The van der Waals surface area contributed by atoms with E-state index >= 15 is 0 Å². The molecular weight excluding hydrogens is 166 g/mol. The summed E-state index contributed by atoms with van der Waals surface area (Å²) in [4.78, 5) is 10.2. The molecule has 0 bridgehead atoms. The van der Waals surface area contributed by atoms with E-state index in [2.05, 4.69) is 9.97 Å². The van der Waals surface area contributed by atoms with Gasteiger partial charge >= 0.3 is 0 Å². The van der Waals surface area contributed by atoms with Crippen molar-refractivity contribution in [3.63, 3.8) is 0 Å². The first-order chi connectivity index (χ1) is 6.17. The second-order valence-electron chi connectivity index (χ2n) is 2.69. The lowest BCUT2D eigenvalue weighted by Crippen LogP contribution is -2.24. The average molecular weight is 181 g/mol. The molecule has 1 aromatic rings. The van der Waals surface area contributed by atoms with Crippen molar-refractivity contribution < 1.29 is 0 Å². The van der Waals surface area contributed by atoms with Crippen molar-refractivity contribution >= 4 is 17.6 Å². The summed E-state index contributed by atoms with van der Waals surface area (Å²) in [5, 5.41) is 0. The van der Waals surface area contributed by atoms with Crippen LogP contribution in [0.1, 0.15) is 13.8 Å². The molecule has 1 rings (SSSR count). The fourth-order valence-electron chi connectivity index (χ4n) is 1.12. The Balaban J connectivity index is 2.99. The zero-order valence-electron chi connectivity index (χ0n) is 7.99. The van der Waals surface area contributed by atoms with Crippen molar-refractivity contribution in [2.24, 2.45) is 0 Å². The molecule has 0 spiro atoms. The first-order valence-electron chi connectivity index (χ1n) is 4.32. The van der Waals surface area contributed by atoms with Crippen LogP contribution >= 0.6 is 0 Å². The smallest absolute Gasteiger partial charge is 0.229 e. The van der Waals surface area contributed by atoms with Gasteiger partial charge in [0, 0.05) is 19.2 Å². The molecule has 0 unspecified atom stereocenters. The summed E-state index contributed by atoms with van der Waals surface area (Å²) in [5.74, 6) is 1.42. The number of nitrogens with two attached hydrogens (primary N) is 2. The summed E-state index contributed by atoms with van der Waals surface area (Å²) in [6.45, 7) is 5.76. The third kappa shape index (κ3) is 2.21. The molecule has 0 aliphatic heterocycles. The second kappa shape index (κ2) is 3.93. The molecule has 72 valence electrons. The maximum atomic E-state index is 5.55. The minimum absolute atomic E-state index is 0.411. The fourth-order valence-corrected chi connectivity index (χ4v) is 1.12. The van der Waals surface area contributed by atoms with Gasteiger partial charge in [0.15, 0.2) is 0 Å². The average Bonchev–Trinajstić information content (AvgIpc) is 2.04. The summed E-state index contributed by atoms with van der Waals surface area (Å²) in [5.41, 5.74) is 11.1. The zero-order valence-corrected chi connectivity index (χ0v) is 7.99. The summed E-state index contributed by atoms with van der Waals surface area (Å²) in [7, 11) is 0. The molecule has 1 aromatic heterocycles. The maximum absolute atomic E-state index is 5.55. The third-order valence-electron chi connectivity index (χ3n) is 1.80. The van der Waals surface area contributed by atoms with Crippen LogP contribution in [0.3, 0.4) is 0 Å². The van der Waals surface area contributed by atoms with Gasteiger partial charge in [0.25, 0.3) is 0 Å². The first kappa shape index (κ1) is 9.57. The van der Waals surface area contributed by atoms with Gasteiger partial charge in [0.2, 0.25) is 5.95 Å². The quantitative estimate of drug-likeness (QED) is 0.709. The molecule has 0 radical (unpaired) electrons. The normalized spacial score (nSPS) is 10.0. The van der Waals surface area contributed by atoms with Crippen molar-refractivity contribution in [3.8, 4) is 0 Å². The van der Waals surface area contributed by atoms with E-state index in [9.17, 15) is 0 Å². The van der Waals surface area contributed by atoms with Crippen LogP contribution in [0, 0.1) is 0 Å². The molecule has 13 heavy (non-hydrogen) atoms. The van der Waals surface area contributed by atoms with E-state index in [1.165, 1.54) is 0 Å². The third-order valence-corrected chi connectivity index (χ3v) is 1.80. The standard InChI is InChI=1S/C8H15N5/c1-3-13(4-2)8-11-6(9)5-7(10)12-8/h5H,3-4H2,1-2H3,(H4,9,10,11,12). The molecule has 0 aromatic carbocycles. The van der Waals surface area contributed by atoms with Crippen LogP contribution in [-0.4, -0.2) is 23.1 Å². The van der Waals surface area contributed by atoms with Gasteiger partial charge in [0.1, 0.15) is 11.6 Å². The molecule has 0 aliphatic carbocycles. The Morgan fingerprint density at radius 3 is 2.00 bits per heavy atom. The molecule has 0 atom stereocenters. The van der Waals surface area contributed by atoms with E-state index in [4.69, 9.17) is 11.5 Å². The van der Waals surface area contributed by atoms with Crippen LogP contribution in [0.2, 0.25) is 0 Å². The Kier molecular flexibility index (Phi) is 2.89. The fraction of sp³-hybridized carbons (Fsp3) is 0.500. The molecule has 4 N–H and O–H groups in total. The highest BCUT2D eigenvalue weighted by Gasteiger charge is 2.06. The van der Waals surface area contributed by atoms with Crippen LogP contribution in [0.15, 0.2) is 6.07 Å². The minimum Gasteiger partial charge on any atom is -0.383 e. The van der Waals surface area contributed by atoms with E-state index in [0.29, 0.717) is 17.6 Å². The number of hydrogen-bond acceptors (Lipinski definition) is 5. The second-order valence-corrected chi connectivity index (χ2v) is 2.69. The van der Waals surface area contributed by atoms with E-state index < -0.39 is 0 Å². The minimum atomic E-state index is 0.411. The number of nitrogen functional groups attached to an aromatic ring is 2.